The van der Waals surface area contributed by atoms with Crippen LogP contribution < -0.4 is 10.6 Å². The molecule has 2 aromatic heterocycles. The minimum absolute atomic E-state index is 0.0724. The van der Waals surface area contributed by atoms with Crippen LogP contribution in [-0.2, 0) is 14.1 Å². The summed E-state index contributed by atoms with van der Waals surface area (Å²) in [4.78, 5) is 17.0. The van der Waals surface area contributed by atoms with Crippen molar-refractivity contribution < 1.29 is 4.79 Å². The Balaban J connectivity index is 1.48. The lowest BCUT2D eigenvalue weighted by atomic mass is 10.1. The standard InChI is InChI=1S/C19H22N6O/c1-24-11-10-20-18(24)17(14-8-9-14)22-19(26)21-16-12-15(23-25(16)2)13-6-4-3-5-7-13/h3-7,10-12,14,17H,8-9H2,1-2H3,(H2,21,22,26). The van der Waals surface area contributed by atoms with E-state index >= 15 is 0 Å². The topological polar surface area (TPSA) is 76.8 Å². The van der Waals surface area contributed by atoms with Gasteiger partial charge in [0.1, 0.15) is 11.6 Å². The minimum atomic E-state index is -0.243. The fourth-order valence-corrected chi connectivity index (χ4v) is 3.13. The van der Waals surface area contributed by atoms with Crippen LogP contribution >= 0.6 is 0 Å². The molecule has 1 saturated carbocycles. The zero-order chi connectivity index (χ0) is 18.1. The van der Waals surface area contributed by atoms with Crippen LogP contribution in [0.25, 0.3) is 11.3 Å². The SMILES string of the molecule is Cn1ccnc1C(NC(=O)Nc1cc(-c2ccccc2)nn1C)C1CC1. The zero-order valence-corrected chi connectivity index (χ0v) is 14.9. The molecule has 134 valence electrons. The van der Waals surface area contributed by atoms with Crippen molar-refractivity contribution in [2.45, 2.75) is 18.9 Å². The largest absolute Gasteiger partial charge is 0.336 e. The average molecular weight is 350 g/mol. The summed E-state index contributed by atoms with van der Waals surface area (Å²) in [5.74, 6) is 1.99. The van der Waals surface area contributed by atoms with Crippen molar-refractivity contribution in [3.63, 3.8) is 0 Å². The van der Waals surface area contributed by atoms with E-state index in [2.05, 4.69) is 20.7 Å². The maximum Gasteiger partial charge on any atom is 0.320 e. The van der Waals surface area contributed by atoms with Crippen LogP contribution in [0.4, 0.5) is 10.6 Å². The first-order chi connectivity index (χ1) is 12.6. The molecule has 4 rings (SSSR count). The zero-order valence-electron chi connectivity index (χ0n) is 14.9. The Kier molecular flexibility index (Phi) is 4.20. The molecule has 1 fully saturated rings. The van der Waals surface area contributed by atoms with Gasteiger partial charge in [-0.3, -0.25) is 10.00 Å². The number of imidazole rings is 1. The van der Waals surface area contributed by atoms with Gasteiger partial charge in [0.05, 0.1) is 11.7 Å². The number of hydrogen-bond acceptors (Lipinski definition) is 3. The van der Waals surface area contributed by atoms with Crippen molar-refractivity contribution in [1.82, 2.24) is 24.6 Å². The van der Waals surface area contributed by atoms with Gasteiger partial charge in [-0.1, -0.05) is 30.3 Å². The Morgan fingerprint density at radius 2 is 2.00 bits per heavy atom. The van der Waals surface area contributed by atoms with Crippen molar-refractivity contribution in [3.05, 3.63) is 54.6 Å². The van der Waals surface area contributed by atoms with Crippen LogP contribution in [0.3, 0.4) is 0 Å². The minimum Gasteiger partial charge on any atom is -0.336 e. The summed E-state index contributed by atoms with van der Waals surface area (Å²) in [6, 6.07) is 11.5. The Labute approximate surface area is 152 Å². The highest BCUT2D eigenvalue weighted by Gasteiger charge is 2.35. The molecular weight excluding hydrogens is 328 g/mol. The highest BCUT2D eigenvalue weighted by molar-refractivity contribution is 5.89. The third-order valence-electron chi connectivity index (χ3n) is 4.71. The van der Waals surface area contributed by atoms with Crippen LogP contribution in [0.1, 0.15) is 24.7 Å². The molecule has 2 heterocycles. The smallest absolute Gasteiger partial charge is 0.320 e. The van der Waals surface area contributed by atoms with Crippen molar-refractivity contribution in [3.8, 4) is 11.3 Å². The van der Waals surface area contributed by atoms with Crippen LogP contribution in [0.5, 0.6) is 0 Å². The molecule has 0 saturated heterocycles. The van der Waals surface area contributed by atoms with Gasteiger partial charge in [-0.05, 0) is 18.8 Å². The number of amides is 2. The highest BCUT2D eigenvalue weighted by Crippen LogP contribution is 2.40. The van der Waals surface area contributed by atoms with E-state index in [1.807, 2.05) is 61.3 Å². The van der Waals surface area contributed by atoms with Gasteiger partial charge in [-0.2, -0.15) is 5.10 Å². The molecule has 1 aliphatic rings. The second-order valence-corrected chi connectivity index (χ2v) is 6.71. The van der Waals surface area contributed by atoms with E-state index in [1.165, 1.54) is 0 Å². The van der Waals surface area contributed by atoms with Crippen LogP contribution in [0, 0.1) is 5.92 Å². The van der Waals surface area contributed by atoms with Crippen LogP contribution in [-0.4, -0.2) is 25.4 Å². The number of aromatic nitrogens is 4. The number of urea groups is 1. The fraction of sp³-hybridized carbons (Fsp3) is 0.316. The first-order valence-corrected chi connectivity index (χ1v) is 8.76. The molecule has 7 nitrogen and oxygen atoms in total. The van der Waals surface area contributed by atoms with Gasteiger partial charge in [-0.25, -0.2) is 9.78 Å². The summed E-state index contributed by atoms with van der Waals surface area (Å²) in [5, 5.41) is 10.5. The van der Waals surface area contributed by atoms with Gasteiger partial charge in [0.2, 0.25) is 0 Å². The monoisotopic (exact) mass is 350 g/mol. The van der Waals surface area contributed by atoms with Crippen molar-refractivity contribution in [2.75, 3.05) is 5.32 Å². The van der Waals surface area contributed by atoms with Crippen molar-refractivity contribution in [2.24, 2.45) is 20.0 Å². The second kappa shape index (κ2) is 6.67. The Hall–Kier alpha value is -3.09. The molecule has 1 aromatic carbocycles. The Morgan fingerprint density at radius 3 is 2.65 bits per heavy atom. The lowest BCUT2D eigenvalue weighted by molar-refractivity contribution is 0.246. The van der Waals surface area contributed by atoms with E-state index in [0.29, 0.717) is 11.7 Å². The summed E-state index contributed by atoms with van der Waals surface area (Å²) in [6.07, 6.45) is 5.89. The van der Waals surface area contributed by atoms with Crippen LogP contribution in [0.2, 0.25) is 0 Å². The molecule has 2 N–H and O–H groups in total. The molecule has 7 heteroatoms. The average Bonchev–Trinajstić information content (AvgIpc) is 3.30. The van der Waals surface area contributed by atoms with Crippen LogP contribution in [0.15, 0.2) is 48.8 Å². The number of hydrogen-bond donors (Lipinski definition) is 2. The molecule has 1 aliphatic carbocycles. The maximum absolute atomic E-state index is 12.6. The molecule has 1 atom stereocenters. The van der Waals surface area contributed by atoms with Gasteiger partial charge >= 0.3 is 6.03 Å². The van der Waals surface area contributed by atoms with Gasteiger partial charge in [-0.15, -0.1) is 0 Å². The maximum atomic E-state index is 12.6. The summed E-state index contributed by atoms with van der Waals surface area (Å²) < 4.78 is 3.63. The predicted molar refractivity (Wildman–Crippen MR) is 99.5 cm³/mol. The number of anilines is 1. The number of nitrogens with one attached hydrogen (secondary N) is 2. The quantitative estimate of drug-likeness (QED) is 0.742. The molecule has 0 aliphatic heterocycles. The van der Waals surface area contributed by atoms with Crippen molar-refractivity contribution in [1.29, 1.82) is 0 Å². The molecule has 0 radical (unpaired) electrons. The van der Waals surface area contributed by atoms with E-state index in [1.54, 1.807) is 10.9 Å². The van der Waals surface area contributed by atoms with Gasteiger partial charge in [0.15, 0.2) is 0 Å². The van der Waals surface area contributed by atoms with Crippen molar-refractivity contribution >= 4 is 11.8 Å². The molecule has 1 unspecified atom stereocenters. The lowest BCUT2D eigenvalue weighted by Crippen LogP contribution is -2.35. The molecule has 2 amide bonds. The number of carbonyl (C=O) groups is 1. The van der Waals surface area contributed by atoms with Gasteiger partial charge in [0.25, 0.3) is 0 Å². The predicted octanol–water partition coefficient (Wildman–Crippen LogP) is 3.09. The fourth-order valence-electron chi connectivity index (χ4n) is 3.13. The molecule has 0 spiro atoms. The van der Waals surface area contributed by atoms with Gasteiger partial charge < -0.3 is 9.88 Å². The molecule has 26 heavy (non-hydrogen) atoms. The van der Waals surface area contributed by atoms with E-state index in [0.717, 1.165) is 29.9 Å². The molecular formula is C19H22N6O. The summed E-state index contributed by atoms with van der Waals surface area (Å²) >= 11 is 0. The first-order valence-electron chi connectivity index (χ1n) is 8.76. The number of nitrogens with zero attached hydrogens (tertiary/aromatic N) is 4. The second-order valence-electron chi connectivity index (χ2n) is 6.71. The van der Waals surface area contributed by atoms with E-state index < -0.39 is 0 Å². The Bertz CT molecular complexity index is 909. The third kappa shape index (κ3) is 3.33. The van der Waals surface area contributed by atoms with E-state index in [-0.39, 0.29) is 12.1 Å². The van der Waals surface area contributed by atoms with Gasteiger partial charge in [0, 0.05) is 38.1 Å². The highest BCUT2D eigenvalue weighted by atomic mass is 16.2. The number of rotatable bonds is 5. The Morgan fingerprint density at radius 1 is 1.23 bits per heavy atom. The first kappa shape index (κ1) is 16.4. The number of aryl methyl sites for hydroxylation is 2. The molecule has 0 bridgehead atoms. The number of benzene rings is 1. The van der Waals surface area contributed by atoms with E-state index in [4.69, 9.17) is 0 Å². The number of carbonyl (C=O) groups excluding carboxylic acids is 1. The molecule has 3 aromatic rings. The lowest BCUT2D eigenvalue weighted by Gasteiger charge is -2.18. The summed E-state index contributed by atoms with van der Waals surface area (Å²) in [7, 11) is 3.77. The summed E-state index contributed by atoms with van der Waals surface area (Å²) in [5.41, 5.74) is 1.84. The normalized spacial score (nSPS) is 14.8. The van der Waals surface area contributed by atoms with E-state index in [9.17, 15) is 4.79 Å². The summed E-state index contributed by atoms with van der Waals surface area (Å²) in [6.45, 7) is 0. The third-order valence-corrected chi connectivity index (χ3v) is 4.71.